The Hall–Kier alpha value is -1.10. The Bertz CT molecular complexity index is 271. The van der Waals surface area contributed by atoms with Gasteiger partial charge in [-0.2, -0.15) is 4.37 Å². The molecule has 0 saturated carbocycles. The molecule has 0 aliphatic carbocycles. The Morgan fingerprint density at radius 1 is 1.83 bits per heavy atom. The van der Waals surface area contributed by atoms with Crippen LogP contribution in [0.15, 0.2) is 6.07 Å². The lowest BCUT2D eigenvalue weighted by Gasteiger charge is -1.89. The van der Waals surface area contributed by atoms with Crippen LogP contribution >= 0.6 is 11.5 Å². The normalized spacial score (nSPS) is 9.75. The molecule has 66 valence electrons. The zero-order chi connectivity index (χ0) is 8.97. The molecule has 1 heterocycles. The predicted molar refractivity (Wildman–Crippen MR) is 44.6 cm³/mol. The fourth-order valence-electron chi connectivity index (χ4n) is 0.738. The maximum absolute atomic E-state index is 10.2. The zero-order valence-electron chi connectivity index (χ0n) is 6.61. The van der Waals surface area contributed by atoms with E-state index < -0.39 is 5.97 Å². The molecule has 0 radical (unpaired) electrons. The first kappa shape index (κ1) is 8.99. The van der Waals surface area contributed by atoms with Gasteiger partial charge in [0.2, 0.25) is 5.88 Å². The van der Waals surface area contributed by atoms with Crippen molar-refractivity contribution in [2.24, 2.45) is 0 Å². The van der Waals surface area contributed by atoms with E-state index in [-0.39, 0.29) is 6.42 Å². The quantitative estimate of drug-likeness (QED) is 0.768. The van der Waals surface area contributed by atoms with Crippen molar-refractivity contribution in [3.05, 3.63) is 10.9 Å². The molecule has 1 rings (SSSR count). The van der Waals surface area contributed by atoms with Gasteiger partial charge in [-0.15, -0.1) is 0 Å². The number of aliphatic carboxylic acids is 1. The number of ether oxygens (including phenoxy) is 1. The van der Waals surface area contributed by atoms with E-state index in [2.05, 4.69) is 4.37 Å². The summed E-state index contributed by atoms with van der Waals surface area (Å²) in [6.07, 6.45) is 0.668. The summed E-state index contributed by atoms with van der Waals surface area (Å²) < 4.78 is 8.79. The second-order valence-electron chi connectivity index (χ2n) is 2.23. The molecule has 0 atom stereocenters. The van der Waals surface area contributed by atoms with Gasteiger partial charge in [-0.1, -0.05) is 0 Å². The van der Waals surface area contributed by atoms with E-state index in [9.17, 15) is 4.79 Å². The predicted octanol–water partition coefficient (Wildman–Crippen LogP) is 1.17. The number of methoxy groups -OCH3 is 1. The highest BCUT2D eigenvalue weighted by molar-refractivity contribution is 7.05. The molecule has 1 aromatic rings. The van der Waals surface area contributed by atoms with Crippen LogP contribution < -0.4 is 4.74 Å². The lowest BCUT2D eigenvalue weighted by atomic mass is 10.3. The molecular weight excluding hydrogens is 178 g/mol. The average Bonchev–Trinajstić information content (AvgIpc) is 2.48. The van der Waals surface area contributed by atoms with Gasteiger partial charge in [-0.05, 0) is 18.0 Å². The molecule has 0 spiro atoms. The number of carbonyl (C=O) groups is 1. The van der Waals surface area contributed by atoms with Crippen LogP contribution in [0.5, 0.6) is 5.88 Å². The van der Waals surface area contributed by atoms with Gasteiger partial charge in [-0.3, -0.25) is 4.79 Å². The SMILES string of the molecule is COc1cc(CCC(=O)O)sn1. The Labute approximate surface area is 74.0 Å². The Morgan fingerprint density at radius 2 is 2.58 bits per heavy atom. The molecule has 0 bridgehead atoms. The van der Waals surface area contributed by atoms with Crippen molar-refractivity contribution in [2.45, 2.75) is 12.8 Å². The van der Waals surface area contributed by atoms with Gasteiger partial charge in [-0.25, -0.2) is 0 Å². The number of nitrogens with zero attached hydrogens (tertiary/aromatic N) is 1. The van der Waals surface area contributed by atoms with Crippen LogP contribution in [0.2, 0.25) is 0 Å². The van der Waals surface area contributed by atoms with Gasteiger partial charge in [0.05, 0.1) is 13.5 Å². The van der Waals surface area contributed by atoms with E-state index >= 15 is 0 Å². The first-order valence-electron chi connectivity index (χ1n) is 3.43. The van der Waals surface area contributed by atoms with Gasteiger partial charge < -0.3 is 9.84 Å². The summed E-state index contributed by atoms with van der Waals surface area (Å²) in [5, 5.41) is 8.39. The number of aryl methyl sites for hydroxylation is 1. The fourth-order valence-corrected chi connectivity index (χ4v) is 1.42. The summed E-state index contributed by atoms with van der Waals surface area (Å²) in [4.78, 5) is 11.1. The molecule has 1 N–H and O–H groups in total. The molecule has 4 nitrogen and oxygen atoms in total. The van der Waals surface area contributed by atoms with Crippen LogP contribution in [-0.4, -0.2) is 22.6 Å². The summed E-state index contributed by atoms with van der Waals surface area (Å²) in [6, 6.07) is 1.76. The van der Waals surface area contributed by atoms with E-state index in [4.69, 9.17) is 9.84 Å². The third-order valence-corrected chi connectivity index (χ3v) is 2.16. The van der Waals surface area contributed by atoms with Crippen LogP contribution in [0.1, 0.15) is 11.3 Å². The minimum Gasteiger partial charge on any atom is -0.481 e. The van der Waals surface area contributed by atoms with Gasteiger partial charge in [0.15, 0.2) is 0 Å². The van der Waals surface area contributed by atoms with Crippen molar-refractivity contribution in [2.75, 3.05) is 7.11 Å². The van der Waals surface area contributed by atoms with Crippen LogP contribution in [0.3, 0.4) is 0 Å². The van der Waals surface area contributed by atoms with Crippen molar-refractivity contribution in [1.82, 2.24) is 4.37 Å². The topological polar surface area (TPSA) is 59.4 Å². The number of carboxylic acids is 1. The molecule has 0 unspecified atom stereocenters. The Balaban J connectivity index is 2.47. The van der Waals surface area contributed by atoms with Crippen LogP contribution in [0, 0.1) is 0 Å². The van der Waals surface area contributed by atoms with E-state index in [1.54, 1.807) is 6.07 Å². The van der Waals surface area contributed by atoms with Crippen LogP contribution in [0.25, 0.3) is 0 Å². The van der Waals surface area contributed by atoms with E-state index in [1.165, 1.54) is 18.6 Å². The van der Waals surface area contributed by atoms with E-state index in [0.717, 1.165) is 4.88 Å². The van der Waals surface area contributed by atoms with Crippen molar-refractivity contribution >= 4 is 17.5 Å². The molecule has 12 heavy (non-hydrogen) atoms. The van der Waals surface area contributed by atoms with Crippen LogP contribution in [0.4, 0.5) is 0 Å². The van der Waals surface area contributed by atoms with Crippen molar-refractivity contribution in [1.29, 1.82) is 0 Å². The van der Waals surface area contributed by atoms with E-state index in [0.29, 0.717) is 12.3 Å². The van der Waals surface area contributed by atoms with Gasteiger partial charge in [0.1, 0.15) is 0 Å². The largest absolute Gasteiger partial charge is 0.481 e. The Kier molecular flexibility index (Phi) is 3.04. The summed E-state index contributed by atoms with van der Waals surface area (Å²) in [5.41, 5.74) is 0. The maximum atomic E-state index is 10.2. The fraction of sp³-hybridized carbons (Fsp3) is 0.429. The Morgan fingerprint density at radius 3 is 3.08 bits per heavy atom. The molecule has 0 amide bonds. The molecule has 0 fully saturated rings. The number of hydrogen-bond donors (Lipinski definition) is 1. The van der Waals surface area contributed by atoms with Crippen molar-refractivity contribution in [3.63, 3.8) is 0 Å². The van der Waals surface area contributed by atoms with Crippen LogP contribution in [-0.2, 0) is 11.2 Å². The summed E-state index contributed by atoms with van der Waals surface area (Å²) in [6.45, 7) is 0. The van der Waals surface area contributed by atoms with Gasteiger partial charge >= 0.3 is 5.97 Å². The number of rotatable bonds is 4. The minimum absolute atomic E-state index is 0.144. The second kappa shape index (κ2) is 4.06. The lowest BCUT2D eigenvalue weighted by Crippen LogP contribution is -1.95. The highest BCUT2D eigenvalue weighted by atomic mass is 32.1. The summed E-state index contributed by atoms with van der Waals surface area (Å²) >= 11 is 1.28. The number of hydrogen-bond acceptors (Lipinski definition) is 4. The summed E-state index contributed by atoms with van der Waals surface area (Å²) in [7, 11) is 1.54. The second-order valence-corrected chi connectivity index (χ2v) is 3.12. The third-order valence-electron chi connectivity index (χ3n) is 1.33. The molecule has 0 aliphatic rings. The smallest absolute Gasteiger partial charge is 0.303 e. The molecule has 0 aliphatic heterocycles. The minimum atomic E-state index is -0.789. The standard InChI is InChI=1S/C7H9NO3S/c1-11-6-4-5(12-8-6)2-3-7(9)10/h4H,2-3H2,1H3,(H,9,10). The van der Waals surface area contributed by atoms with Crippen molar-refractivity contribution in [3.8, 4) is 5.88 Å². The lowest BCUT2D eigenvalue weighted by molar-refractivity contribution is -0.136. The monoisotopic (exact) mass is 187 g/mol. The average molecular weight is 187 g/mol. The molecular formula is C7H9NO3S. The van der Waals surface area contributed by atoms with E-state index in [1.807, 2.05) is 0 Å². The first-order chi connectivity index (χ1) is 5.72. The third kappa shape index (κ3) is 2.50. The highest BCUT2D eigenvalue weighted by Crippen LogP contribution is 2.17. The molecule has 5 heteroatoms. The number of aromatic nitrogens is 1. The summed E-state index contributed by atoms with van der Waals surface area (Å²) in [5.74, 6) is -0.234. The highest BCUT2D eigenvalue weighted by Gasteiger charge is 2.03. The maximum Gasteiger partial charge on any atom is 0.303 e. The van der Waals surface area contributed by atoms with Crippen molar-refractivity contribution < 1.29 is 14.6 Å². The van der Waals surface area contributed by atoms with Gasteiger partial charge in [0.25, 0.3) is 0 Å². The molecule has 0 aromatic carbocycles. The zero-order valence-corrected chi connectivity index (χ0v) is 7.43. The molecule has 1 aromatic heterocycles. The molecule has 0 saturated heterocycles. The van der Waals surface area contributed by atoms with Gasteiger partial charge in [0, 0.05) is 10.9 Å². The first-order valence-corrected chi connectivity index (χ1v) is 4.21. The number of carboxylic acid groups (broad SMARTS) is 1.